The van der Waals surface area contributed by atoms with Crippen molar-refractivity contribution in [2.75, 3.05) is 0 Å². The molecule has 174 valence electrons. The Morgan fingerprint density at radius 2 is 1.88 bits per heavy atom. The Bertz CT molecular complexity index is 1200. The molecular weight excluding hydrogens is 440 g/mol. The Hall–Kier alpha value is -3.04. The van der Waals surface area contributed by atoms with Crippen LogP contribution in [0.15, 0.2) is 53.2 Å². The molecular formula is C24H28N4O4S. The van der Waals surface area contributed by atoms with E-state index in [1.54, 1.807) is 43.6 Å². The number of amides is 1. The van der Waals surface area contributed by atoms with E-state index in [4.69, 9.17) is 10.2 Å². The molecule has 3 aromatic rings. The summed E-state index contributed by atoms with van der Waals surface area (Å²) in [5.74, 6) is 0.481. The molecule has 33 heavy (non-hydrogen) atoms. The molecule has 0 bridgehead atoms. The van der Waals surface area contributed by atoms with E-state index in [2.05, 4.69) is 15.3 Å². The van der Waals surface area contributed by atoms with Crippen LogP contribution < -0.4 is 11.1 Å². The maximum absolute atomic E-state index is 12.9. The van der Waals surface area contributed by atoms with Crippen LogP contribution in [0.3, 0.4) is 0 Å². The first kappa shape index (κ1) is 23.1. The van der Waals surface area contributed by atoms with Crippen molar-refractivity contribution in [3.63, 3.8) is 0 Å². The number of sulfone groups is 1. The zero-order valence-electron chi connectivity index (χ0n) is 18.5. The van der Waals surface area contributed by atoms with Crippen molar-refractivity contribution in [3.8, 4) is 11.5 Å². The lowest BCUT2D eigenvalue weighted by atomic mass is 9.96. The van der Waals surface area contributed by atoms with E-state index in [-0.39, 0.29) is 23.0 Å². The molecule has 1 aliphatic rings. The summed E-state index contributed by atoms with van der Waals surface area (Å²) in [6, 6.07) is 10.7. The lowest BCUT2D eigenvalue weighted by molar-refractivity contribution is 0.0951. The van der Waals surface area contributed by atoms with Crippen LogP contribution in [0.4, 0.5) is 0 Å². The fourth-order valence-corrected chi connectivity index (χ4v) is 5.87. The van der Waals surface area contributed by atoms with Gasteiger partial charge in [-0.1, -0.05) is 6.07 Å². The van der Waals surface area contributed by atoms with E-state index in [9.17, 15) is 13.2 Å². The third-order valence-electron chi connectivity index (χ3n) is 6.03. The van der Waals surface area contributed by atoms with Crippen molar-refractivity contribution < 1.29 is 17.6 Å². The quantitative estimate of drug-likeness (QED) is 0.545. The number of nitrogens with zero attached hydrogens (tertiary/aromatic N) is 2. The SMILES string of the molecule is Cc1oc(-c2ccc(C(=O)NCc3cccnc3)cc2)nc1CS(=O)(=O)C1CCC(N)CC1. The highest BCUT2D eigenvalue weighted by atomic mass is 32.2. The molecule has 4 rings (SSSR count). The minimum Gasteiger partial charge on any atom is -0.441 e. The van der Waals surface area contributed by atoms with Gasteiger partial charge in [-0.25, -0.2) is 13.4 Å². The largest absolute Gasteiger partial charge is 0.441 e. The normalized spacial score (nSPS) is 18.7. The lowest BCUT2D eigenvalue weighted by Crippen LogP contribution is -2.33. The van der Waals surface area contributed by atoms with Gasteiger partial charge in [-0.2, -0.15) is 0 Å². The molecule has 0 unspecified atom stereocenters. The number of aromatic nitrogens is 2. The van der Waals surface area contributed by atoms with Gasteiger partial charge in [0.1, 0.15) is 5.76 Å². The molecule has 8 nitrogen and oxygen atoms in total. The van der Waals surface area contributed by atoms with Crippen molar-refractivity contribution in [3.05, 3.63) is 71.4 Å². The monoisotopic (exact) mass is 468 g/mol. The second-order valence-electron chi connectivity index (χ2n) is 8.49. The van der Waals surface area contributed by atoms with Crippen molar-refractivity contribution in [2.24, 2.45) is 5.73 Å². The summed E-state index contributed by atoms with van der Waals surface area (Å²) in [6.07, 6.45) is 6.04. The predicted octanol–water partition coefficient (Wildman–Crippen LogP) is 3.16. The molecule has 2 heterocycles. The van der Waals surface area contributed by atoms with E-state index < -0.39 is 9.84 Å². The fraction of sp³-hybridized carbons (Fsp3) is 0.375. The highest BCUT2D eigenvalue weighted by Gasteiger charge is 2.31. The number of carbonyl (C=O) groups excluding carboxylic acids is 1. The fourth-order valence-electron chi connectivity index (χ4n) is 3.99. The van der Waals surface area contributed by atoms with Gasteiger partial charge in [0.05, 0.1) is 16.7 Å². The molecule has 0 spiro atoms. The van der Waals surface area contributed by atoms with Crippen LogP contribution in [0, 0.1) is 6.92 Å². The Kier molecular flexibility index (Phi) is 6.90. The van der Waals surface area contributed by atoms with Gasteiger partial charge in [0, 0.05) is 36.1 Å². The standard InChI is InChI=1S/C24H28N4O4S/c1-16-22(15-33(30,31)21-10-8-20(25)9-11-21)28-24(32-16)19-6-4-18(5-7-19)23(29)27-14-17-3-2-12-26-13-17/h2-7,12-13,20-21H,8-11,14-15,25H2,1H3,(H,27,29). The number of nitrogens with two attached hydrogens (primary N) is 1. The van der Waals surface area contributed by atoms with Gasteiger partial charge in [0.2, 0.25) is 5.89 Å². The number of hydrogen-bond donors (Lipinski definition) is 2. The van der Waals surface area contributed by atoms with Crippen LogP contribution in [0.1, 0.15) is 53.1 Å². The Morgan fingerprint density at radius 3 is 2.55 bits per heavy atom. The van der Waals surface area contributed by atoms with Crippen LogP contribution in [0.25, 0.3) is 11.5 Å². The summed E-state index contributed by atoms with van der Waals surface area (Å²) in [5, 5.41) is 2.48. The maximum Gasteiger partial charge on any atom is 0.251 e. The van der Waals surface area contributed by atoms with Crippen molar-refractivity contribution in [1.82, 2.24) is 15.3 Å². The van der Waals surface area contributed by atoms with Crippen molar-refractivity contribution in [1.29, 1.82) is 0 Å². The molecule has 1 amide bonds. The molecule has 2 aromatic heterocycles. The van der Waals surface area contributed by atoms with E-state index >= 15 is 0 Å². The number of rotatable bonds is 7. The third-order valence-corrected chi connectivity index (χ3v) is 8.19. The van der Waals surface area contributed by atoms with E-state index in [0.29, 0.717) is 47.9 Å². The molecule has 1 aliphatic carbocycles. The molecule has 9 heteroatoms. The van der Waals surface area contributed by atoms with Crippen LogP contribution in [-0.2, 0) is 22.1 Å². The molecule has 1 fully saturated rings. The van der Waals surface area contributed by atoms with Gasteiger partial charge in [0.25, 0.3) is 5.91 Å². The highest BCUT2D eigenvalue weighted by molar-refractivity contribution is 7.91. The summed E-state index contributed by atoms with van der Waals surface area (Å²) in [5.41, 5.74) is 8.43. The van der Waals surface area contributed by atoms with Gasteiger partial charge < -0.3 is 15.5 Å². The summed E-state index contributed by atoms with van der Waals surface area (Å²) < 4.78 is 31.5. The first-order valence-corrected chi connectivity index (χ1v) is 12.7. The molecule has 1 aromatic carbocycles. The van der Waals surface area contributed by atoms with E-state index in [1.165, 1.54) is 0 Å². The minimum absolute atomic E-state index is 0.0947. The first-order valence-electron chi connectivity index (χ1n) is 11.0. The topological polar surface area (TPSA) is 128 Å². The smallest absolute Gasteiger partial charge is 0.251 e. The molecule has 1 saturated carbocycles. The molecule has 0 aliphatic heterocycles. The minimum atomic E-state index is -3.33. The zero-order valence-corrected chi connectivity index (χ0v) is 19.3. The number of nitrogens with one attached hydrogen (secondary N) is 1. The van der Waals surface area contributed by atoms with Crippen molar-refractivity contribution >= 4 is 15.7 Å². The van der Waals surface area contributed by atoms with Gasteiger partial charge in [-0.05, 0) is 68.5 Å². The Morgan fingerprint density at radius 1 is 1.15 bits per heavy atom. The van der Waals surface area contributed by atoms with Crippen LogP contribution in [0.2, 0.25) is 0 Å². The molecule has 3 N–H and O–H groups in total. The van der Waals surface area contributed by atoms with Crippen LogP contribution in [0.5, 0.6) is 0 Å². The van der Waals surface area contributed by atoms with Gasteiger partial charge in [-0.3, -0.25) is 9.78 Å². The Balaban J connectivity index is 1.41. The second kappa shape index (κ2) is 9.84. The first-order chi connectivity index (χ1) is 15.8. The number of hydrogen-bond acceptors (Lipinski definition) is 7. The summed E-state index contributed by atoms with van der Waals surface area (Å²) in [4.78, 5) is 20.9. The summed E-state index contributed by atoms with van der Waals surface area (Å²) in [6.45, 7) is 2.11. The van der Waals surface area contributed by atoms with E-state index in [1.807, 2.05) is 12.1 Å². The number of carbonyl (C=O) groups is 1. The molecule has 0 radical (unpaired) electrons. The number of aryl methyl sites for hydroxylation is 1. The average Bonchev–Trinajstić information content (AvgIpc) is 3.18. The summed E-state index contributed by atoms with van der Waals surface area (Å²) >= 11 is 0. The van der Waals surface area contributed by atoms with Crippen LogP contribution in [-0.4, -0.2) is 35.6 Å². The van der Waals surface area contributed by atoms with Gasteiger partial charge >= 0.3 is 0 Å². The van der Waals surface area contributed by atoms with Gasteiger partial charge in [-0.15, -0.1) is 0 Å². The van der Waals surface area contributed by atoms with Crippen LogP contribution >= 0.6 is 0 Å². The Labute approximate surface area is 193 Å². The number of oxazole rings is 1. The summed E-state index contributed by atoms with van der Waals surface area (Å²) in [7, 11) is -3.33. The third kappa shape index (κ3) is 5.66. The van der Waals surface area contributed by atoms with Crippen molar-refractivity contribution in [2.45, 2.75) is 56.2 Å². The highest BCUT2D eigenvalue weighted by Crippen LogP contribution is 2.28. The second-order valence-corrected chi connectivity index (χ2v) is 10.8. The van der Waals surface area contributed by atoms with E-state index in [0.717, 1.165) is 18.4 Å². The average molecular weight is 469 g/mol. The zero-order chi connectivity index (χ0) is 23.4. The predicted molar refractivity (Wildman–Crippen MR) is 125 cm³/mol. The maximum atomic E-state index is 12.9. The lowest BCUT2D eigenvalue weighted by Gasteiger charge is -2.25. The molecule has 0 atom stereocenters. The number of benzene rings is 1. The number of pyridine rings is 1. The molecule has 0 saturated heterocycles. The van der Waals surface area contributed by atoms with Gasteiger partial charge in [0.15, 0.2) is 9.84 Å².